The van der Waals surface area contributed by atoms with E-state index in [1.807, 2.05) is 12.4 Å². The summed E-state index contributed by atoms with van der Waals surface area (Å²) in [6.07, 6.45) is 3.85. The molecular weight excluding hydrogens is 204 g/mol. The van der Waals surface area contributed by atoms with Crippen LogP contribution in [0.1, 0.15) is 12.5 Å². The van der Waals surface area contributed by atoms with Gasteiger partial charge in [0.25, 0.3) is 0 Å². The predicted octanol–water partition coefficient (Wildman–Crippen LogP) is 3.29. The van der Waals surface area contributed by atoms with Gasteiger partial charge in [0.2, 0.25) is 0 Å². The van der Waals surface area contributed by atoms with Gasteiger partial charge in [-0.2, -0.15) is 0 Å². The van der Waals surface area contributed by atoms with Gasteiger partial charge in [0.05, 0.1) is 0 Å². The maximum atomic E-state index is 4.34. The van der Waals surface area contributed by atoms with Gasteiger partial charge in [0, 0.05) is 18.1 Å². The molecule has 0 atom stereocenters. The summed E-state index contributed by atoms with van der Waals surface area (Å²) in [6, 6.07) is 8.45. The molecule has 0 aliphatic heterocycles. The van der Waals surface area contributed by atoms with E-state index in [-0.39, 0.29) is 0 Å². The summed E-state index contributed by atoms with van der Waals surface area (Å²) in [6.45, 7) is 4.24. The number of nitrogens with zero attached hydrogens (tertiary/aromatic N) is 2. The van der Waals surface area contributed by atoms with Gasteiger partial charge >= 0.3 is 0 Å². The average molecular weight is 218 g/mol. The Hall–Kier alpha value is -1.22. The monoisotopic (exact) mass is 218 g/mol. The SMILES string of the molecule is CCSc1nccn1-c1cccc(C)c1. The van der Waals surface area contributed by atoms with Crippen LogP contribution in [0.5, 0.6) is 0 Å². The molecule has 0 spiro atoms. The van der Waals surface area contributed by atoms with Gasteiger partial charge in [-0.1, -0.05) is 30.8 Å². The number of hydrogen-bond donors (Lipinski definition) is 0. The summed E-state index contributed by atoms with van der Waals surface area (Å²) >= 11 is 1.76. The Morgan fingerprint density at radius 3 is 3.00 bits per heavy atom. The number of rotatable bonds is 3. The summed E-state index contributed by atoms with van der Waals surface area (Å²) in [4.78, 5) is 4.34. The predicted molar refractivity (Wildman–Crippen MR) is 64.7 cm³/mol. The van der Waals surface area contributed by atoms with Crippen molar-refractivity contribution < 1.29 is 0 Å². The second kappa shape index (κ2) is 4.53. The number of benzene rings is 1. The molecule has 0 aliphatic carbocycles. The van der Waals surface area contributed by atoms with Gasteiger partial charge in [0.15, 0.2) is 5.16 Å². The van der Waals surface area contributed by atoms with Gasteiger partial charge in [-0.05, 0) is 30.4 Å². The molecule has 0 saturated heterocycles. The highest BCUT2D eigenvalue weighted by Gasteiger charge is 2.03. The Bertz CT molecular complexity index is 448. The van der Waals surface area contributed by atoms with Crippen LogP contribution in [-0.4, -0.2) is 15.3 Å². The first-order valence-corrected chi connectivity index (χ1v) is 6.03. The Balaban J connectivity index is 2.40. The lowest BCUT2D eigenvalue weighted by atomic mass is 10.2. The minimum atomic E-state index is 1.04. The van der Waals surface area contributed by atoms with Gasteiger partial charge in [-0.25, -0.2) is 4.98 Å². The number of imidazole rings is 1. The summed E-state index contributed by atoms with van der Waals surface area (Å²) < 4.78 is 2.13. The highest BCUT2D eigenvalue weighted by Crippen LogP contribution is 2.20. The summed E-state index contributed by atoms with van der Waals surface area (Å²) in [7, 11) is 0. The normalized spacial score (nSPS) is 10.5. The first-order valence-electron chi connectivity index (χ1n) is 5.04. The Morgan fingerprint density at radius 2 is 2.27 bits per heavy atom. The first-order chi connectivity index (χ1) is 7.31. The number of aryl methyl sites for hydroxylation is 1. The molecule has 1 heterocycles. The van der Waals surface area contributed by atoms with Crippen LogP contribution < -0.4 is 0 Å². The third-order valence-electron chi connectivity index (χ3n) is 2.16. The van der Waals surface area contributed by atoms with Crippen molar-refractivity contribution in [3.8, 4) is 5.69 Å². The summed E-state index contributed by atoms with van der Waals surface area (Å²) in [5.41, 5.74) is 2.46. The van der Waals surface area contributed by atoms with Crippen molar-refractivity contribution in [3.63, 3.8) is 0 Å². The third kappa shape index (κ3) is 2.23. The fourth-order valence-corrected chi connectivity index (χ4v) is 2.20. The van der Waals surface area contributed by atoms with Crippen LogP contribution in [0.4, 0.5) is 0 Å². The van der Waals surface area contributed by atoms with E-state index < -0.39 is 0 Å². The molecule has 1 aromatic heterocycles. The lowest BCUT2D eigenvalue weighted by molar-refractivity contribution is 0.894. The molecule has 2 rings (SSSR count). The topological polar surface area (TPSA) is 17.8 Å². The van der Waals surface area contributed by atoms with Gasteiger partial charge in [-0.3, -0.25) is 4.57 Å². The van der Waals surface area contributed by atoms with Crippen molar-refractivity contribution in [3.05, 3.63) is 42.2 Å². The Kier molecular flexibility index (Phi) is 3.11. The maximum absolute atomic E-state index is 4.34. The molecule has 0 unspecified atom stereocenters. The van der Waals surface area contributed by atoms with E-state index >= 15 is 0 Å². The van der Waals surface area contributed by atoms with Crippen molar-refractivity contribution in [2.24, 2.45) is 0 Å². The minimum Gasteiger partial charge on any atom is -0.295 e. The molecule has 15 heavy (non-hydrogen) atoms. The molecule has 0 bridgehead atoms. The molecule has 0 fully saturated rings. The highest BCUT2D eigenvalue weighted by molar-refractivity contribution is 7.99. The number of hydrogen-bond acceptors (Lipinski definition) is 2. The van der Waals surface area contributed by atoms with Crippen LogP contribution in [-0.2, 0) is 0 Å². The van der Waals surface area contributed by atoms with Crippen molar-refractivity contribution in [1.82, 2.24) is 9.55 Å². The lowest BCUT2D eigenvalue weighted by Gasteiger charge is -2.06. The molecule has 2 aromatic rings. The summed E-state index contributed by atoms with van der Waals surface area (Å²) in [5, 5.41) is 1.06. The van der Waals surface area contributed by atoms with E-state index in [2.05, 4.69) is 47.7 Å². The van der Waals surface area contributed by atoms with E-state index in [9.17, 15) is 0 Å². The molecule has 0 saturated carbocycles. The molecule has 0 amide bonds. The second-order valence-corrected chi connectivity index (χ2v) is 4.58. The first kappa shape index (κ1) is 10.3. The Labute approximate surface area is 94.3 Å². The standard InChI is InChI=1S/C12H14N2S/c1-3-15-12-13-7-8-14(12)11-6-4-5-10(2)9-11/h4-9H,3H2,1-2H3. The average Bonchev–Trinajstić information content (AvgIpc) is 2.66. The number of aromatic nitrogens is 2. The minimum absolute atomic E-state index is 1.04. The van der Waals surface area contributed by atoms with E-state index in [1.165, 1.54) is 11.3 Å². The van der Waals surface area contributed by atoms with Crippen molar-refractivity contribution in [2.75, 3.05) is 5.75 Å². The number of thioether (sulfide) groups is 1. The molecule has 78 valence electrons. The van der Waals surface area contributed by atoms with Gasteiger partial charge < -0.3 is 0 Å². The third-order valence-corrected chi connectivity index (χ3v) is 3.01. The quantitative estimate of drug-likeness (QED) is 0.736. The van der Waals surface area contributed by atoms with Crippen molar-refractivity contribution in [1.29, 1.82) is 0 Å². The van der Waals surface area contributed by atoms with Crippen LogP contribution in [0, 0.1) is 6.92 Å². The Morgan fingerprint density at radius 1 is 1.40 bits per heavy atom. The van der Waals surface area contributed by atoms with Crippen molar-refractivity contribution >= 4 is 11.8 Å². The molecule has 0 radical (unpaired) electrons. The van der Waals surface area contributed by atoms with Crippen molar-refractivity contribution in [2.45, 2.75) is 19.0 Å². The highest BCUT2D eigenvalue weighted by atomic mass is 32.2. The van der Waals surface area contributed by atoms with Gasteiger partial charge in [0.1, 0.15) is 0 Å². The van der Waals surface area contributed by atoms with Gasteiger partial charge in [-0.15, -0.1) is 0 Å². The van der Waals surface area contributed by atoms with Crippen LogP contribution in [0.3, 0.4) is 0 Å². The molecule has 1 aromatic carbocycles. The van der Waals surface area contributed by atoms with E-state index in [4.69, 9.17) is 0 Å². The lowest BCUT2D eigenvalue weighted by Crippen LogP contribution is -1.95. The van der Waals surface area contributed by atoms with E-state index in [0.717, 1.165) is 10.9 Å². The fraction of sp³-hybridized carbons (Fsp3) is 0.250. The maximum Gasteiger partial charge on any atom is 0.172 e. The zero-order valence-corrected chi connectivity index (χ0v) is 9.79. The molecule has 0 N–H and O–H groups in total. The zero-order valence-electron chi connectivity index (χ0n) is 8.97. The molecule has 2 nitrogen and oxygen atoms in total. The summed E-state index contributed by atoms with van der Waals surface area (Å²) in [5.74, 6) is 1.04. The van der Waals surface area contributed by atoms with Crippen LogP contribution in [0.15, 0.2) is 41.8 Å². The van der Waals surface area contributed by atoms with Crippen LogP contribution in [0.25, 0.3) is 5.69 Å². The smallest absolute Gasteiger partial charge is 0.172 e. The fourth-order valence-electron chi connectivity index (χ4n) is 1.50. The second-order valence-electron chi connectivity index (χ2n) is 3.35. The molecule has 0 aliphatic rings. The van der Waals surface area contributed by atoms with E-state index in [1.54, 1.807) is 11.8 Å². The molecule has 3 heteroatoms. The zero-order chi connectivity index (χ0) is 10.7. The largest absolute Gasteiger partial charge is 0.295 e. The van der Waals surface area contributed by atoms with Crippen LogP contribution >= 0.6 is 11.8 Å². The van der Waals surface area contributed by atoms with E-state index in [0.29, 0.717) is 0 Å². The van der Waals surface area contributed by atoms with Crippen LogP contribution in [0.2, 0.25) is 0 Å². The molecular formula is C12H14N2S.